The highest BCUT2D eigenvalue weighted by Crippen LogP contribution is 2.21. The number of benzene rings is 1. The average Bonchev–Trinajstić information content (AvgIpc) is 2.26. The molecule has 0 aromatic heterocycles. The summed E-state index contributed by atoms with van der Waals surface area (Å²) in [4.78, 5) is 10.8. The number of methoxy groups -OCH3 is 1. The summed E-state index contributed by atoms with van der Waals surface area (Å²) in [6, 6.07) is 7.26. The first kappa shape index (κ1) is 11.9. The lowest BCUT2D eigenvalue weighted by atomic mass is 10.1. The molecule has 0 aliphatic carbocycles. The van der Waals surface area contributed by atoms with Gasteiger partial charge in [0.05, 0.1) is 13.0 Å². The number of hydrogen-bond acceptors (Lipinski definition) is 3. The standard InChI is InChI=1S/C11H13ClO3/c1-8(13)15-11(7-12)9-3-5-10(14-2)6-4-9/h3-6,11H,7H2,1-2H3. The molecule has 0 bridgehead atoms. The van der Waals surface area contributed by atoms with E-state index < -0.39 is 6.10 Å². The Hall–Kier alpha value is -1.22. The van der Waals surface area contributed by atoms with E-state index in [0.717, 1.165) is 11.3 Å². The van der Waals surface area contributed by atoms with Gasteiger partial charge >= 0.3 is 5.97 Å². The van der Waals surface area contributed by atoms with Gasteiger partial charge in [0, 0.05) is 6.92 Å². The Bertz CT molecular complexity index is 321. The topological polar surface area (TPSA) is 35.5 Å². The summed E-state index contributed by atoms with van der Waals surface area (Å²) in [5.41, 5.74) is 0.862. The highest BCUT2D eigenvalue weighted by Gasteiger charge is 2.13. The molecule has 82 valence electrons. The highest BCUT2D eigenvalue weighted by atomic mass is 35.5. The number of carbonyl (C=O) groups is 1. The lowest BCUT2D eigenvalue weighted by Gasteiger charge is -2.14. The minimum atomic E-state index is -0.393. The number of rotatable bonds is 4. The van der Waals surface area contributed by atoms with Gasteiger partial charge < -0.3 is 9.47 Å². The van der Waals surface area contributed by atoms with Crippen molar-refractivity contribution in [3.63, 3.8) is 0 Å². The number of alkyl halides is 1. The van der Waals surface area contributed by atoms with Crippen LogP contribution in [0.5, 0.6) is 5.75 Å². The van der Waals surface area contributed by atoms with Gasteiger partial charge in [0.25, 0.3) is 0 Å². The number of esters is 1. The van der Waals surface area contributed by atoms with Gasteiger partial charge in [-0.3, -0.25) is 4.79 Å². The molecule has 1 rings (SSSR count). The molecule has 0 fully saturated rings. The van der Waals surface area contributed by atoms with Crippen molar-refractivity contribution < 1.29 is 14.3 Å². The Morgan fingerprint density at radius 1 is 1.40 bits per heavy atom. The summed E-state index contributed by atoms with van der Waals surface area (Å²) in [5, 5.41) is 0. The van der Waals surface area contributed by atoms with E-state index in [2.05, 4.69) is 0 Å². The Morgan fingerprint density at radius 2 is 2.00 bits per heavy atom. The van der Waals surface area contributed by atoms with E-state index in [4.69, 9.17) is 21.1 Å². The van der Waals surface area contributed by atoms with Crippen LogP contribution in [0.1, 0.15) is 18.6 Å². The zero-order chi connectivity index (χ0) is 11.3. The minimum Gasteiger partial charge on any atom is -0.497 e. The first-order valence-corrected chi connectivity index (χ1v) is 5.08. The van der Waals surface area contributed by atoms with Crippen molar-refractivity contribution in [2.24, 2.45) is 0 Å². The number of carbonyl (C=O) groups excluding carboxylic acids is 1. The van der Waals surface area contributed by atoms with Crippen LogP contribution in [0.15, 0.2) is 24.3 Å². The van der Waals surface area contributed by atoms with Crippen molar-refractivity contribution in [1.29, 1.82) is 0 Å². The minimum absolute atomic E-state index is 0.242. The molecule has 1 aromatic rings. The van der Waals surface area contributed by atoms with Crippen LogP contribution in [0.4, 0.5) is 0 Å². The fourth-order valence-corrected chi connectivity index (χ4v) is 1.45. The molecule has 1 atom stereocenters. The maximum Gasteiger partial charge on any atom is 0.303 e. The smallest absolute Gasteiger partial charge is 0.303 e. The Labute approximate surface area is 93.9 Å². The molecule has 4 heteroatoms. The van der Waals surface area contributed by atoms with Crippen LogP contribution in [0.25, 0.3) is 0 Å². The molecule has 0 saturated heterocycles. The molecule has 15 heavy (non-hydrogen) atoms. The van der Waals surface area contributed by atoms with E-state index in [1.54, 1.807) is 19.2 Å². The van der Waals surface area contributed by atoms with Crippen molar-refractivity contribution >= 4 is 17.6 Å². The quantitative estimate of drug-likeness (QED) is 0.587. The number of ether oxygens (including phenoxy) is 2. The molecule has 0 aliphatic rings. The zero-order valence-electron chi connectivity index (χ0n) is 8.70. The van der Waals surface area contributed by atoms with E-state index >= 15 is 0 Å². The van der Waals surface area contributed by atoms with E-state index in [9.17, 15) is 4.79 Å². The molecule has 0 radical (unpaired) electrons. The van der Waals surface area contributed by atoms with Gasteiger partial charge in [0.15, 0.2) is 0 Å². The third-order valence-corrected chi connectivity index (χ3v) is 2.22. The van der Waals surface area contributed by atoms with Crippen molar-refractivity contribution in [2.45, 2.75) is 13.0 Å². The molecular weight excluding hydrogens is 216 g/mol. The normalized spacial score (nSPS) is 11.9. The second-order valence-electron chi connectivity index (χ2n) is 3.03. The third-order valence-electron chi connectivity index (χ3n) is 1.94. The summed E-state index contributed by atoms with van der Waals surface area (Å²) in [6.07, 6.45) is -0.393. The molecule has 0 heterocycles. The second kappa shape index (κ2) is 5.61. The fourth-order valence-electron chi connectivity index (χ4n) is 1.21. The molecule has 1 aromatic carbocycles. The molecule has 3 nitrogen and oxygen atoms in total. The number of halogens is 1. The van der Waals surface area contributed by atoms with E-state index in [1.165, 1.54) is 6.92 Å². The van der Waals surface area contributed by atoms with Gasteiger partial charge in [-0.1, -0.05) is 12.1 Å². The van der Waals surface area contributed by atoms with Gasteiger partial charge in [0.2, 0.25) is 0 Å². The van der Waals surface area contributed by atoms with Gasteiger partial charge in [-0.2, -0.15) is 0 Å². The van der Waals surface area contributed by atoms with Gasteiger partial charge in [0.1, 0.15) is 11.9 Å². The predicted molar refractivity (Wildman–Crippen MR) is 58.2 cm³/mol. The zero-order valence-corrected chi connectivity index (χ0v) is 9.45. The predicted octanol–water partition coefficient (Wildman–Crippen LogP) is 2.54. The second-order valence-corrected chi connectivity index (χ2v) is 3.33. The van der Waals surface area contributed by atoms with Crippen LogP contribution in [-0.4, -0.2) is 19.0 Å². The molecule has 0 N–H and O–H groups in total. The Morgan fingerprint density at radius 3 is 2.40 bits per heavy atom. The summed E-state index contributed by atoms with van der Waals surface area (Å²) in [6.45, 7) is 1.36. The first-order chi connectivity index (χ1) is 7.17. The lowest BCUT2D eigenvalue weighted by molar-refractivity contribution is -0.145. The molecular formula is C11H13ClO3. The van der Waals surface area contributed by atoms with E-state index in [1.807, 2.05) is 12.1 Å². The SMILES string of the molecule is COc1ccc(C(CCl)OC(C)=O)cc1. The summed E-state index contributed by atoms with van der Waals surface area (Å²) >= 11 is 5.71. The molecule has 0 spiro atoms. The lowest BCUT2D eigenvalue weighted by Crippen LogP contribution is -2.09. The van der Waals surface area contributed by atoms with Crippen molar-refractivity contribution in [3.05, 3.63) is 29.8 Å². The van der Waals surface area contributed by atoms with E-state index in [0.29, 0.717) is 0 Å². The van der Waals surface area contributed by atoms with Gasteiger partial charge in [-0.25, -0.2) is 0 Å². The van der Waals surface area contributed by atoms with Crippen molar-refractivity contribution in [2.75, 3.05) is 13.0 Å². The molecule has 0 amide bonds. The monoisotopic (exact) mass is 228 g/mol. The summed E-state index contributed by atoms with van der Waals surface area (Å²) in [5.74, 6) is 0.665. The highest BCUT2D eigenvalue weighted by molar-refractivity contribution is 6.18. The Kier molecular flexibility index (Phi) is 4.43. The van der Waals surface area contributed by atoms with Crippen LogP contribution in [-0.2, 0) is 9.53 Å². The van der Waals surface area contributed by atoms with Crippen molar-refractivity contribution in [1.82, 2.24) is 0 Å². The van der Waals surface area contributed by atoms with Gasteiger partial charge in [-0.15, -0.1) is 11.6 Å². The number of hydrogen-bond donors (Lipinski definition) is 0. The van der Waals surface area contributed by atoms with Crippen LogP contribution in [0.3, 0.4) is 0 Å². The van der Waals surface area contributed by atoms with Crippen LogP contribution in [0, 0.1) is 0 Å². The molecule has 0 aliphatic heterocycles. The fraction of sp³-hybridized carbons (Fsp3) is 0.364. The Balaban J connectivity index is 2.78. The van der Waals surface area contributed by atoms with E-state index in [-0.39, 0.29) is 11.8 Å². The molecule has 1 unspecified atom stereocenters. The summed E-state index contributed by atoms with van der Waals surface area (Å²) < 4.78 is 10.1. The van der Waals surface area contributed by atoms with Gasteiger partial charge in [-0.05, 0) is 17.7 Å². The maximum absolute atomic E-state index is 10.8. The van der Waals surface area contributed by atoms with Crippen LogP contribution < -0.4 is 4.74 Å². The summed E-state index contributed by atoms with van der Waals surface area (Å²) in [7, 11) is 1.60. The van der Waals surface area contributed by atoms with Crippen LogP contribution in [0.2, 0.25) is 0 Å². The average molecular weight is 229 g/mol. The van der Waals surface area contributed by atoms with Crippen LogP contribution >= 0.6 is 11.6 Å². The third kappa shape index (κ3) is 3.44. The first-order valence-electron chi connectivity index (χ1n) is 4.54. The molecule has 0 saturated carbocycles. The van der Waals surface area contributed by atoms with Crippen molar-refractivity contribution in [3.8, 4) is 5.75 Å². The largest absolute Gasteiger partial charge is 0.497 e. The maximum atomic E-state index is 10.8.